The van der Waals surface area contributed by atoms with Gasteiger partial charge in [-0.05, 0) is 5.56 Å². The molecule has 10 nitrogen and oxygen atoms in total. The van der Waals surface area contributed by atoms with Gasteiger partial charge >= 0.3 is 23.9 Å². The predicted molar refractivity (Wildman–Crippen MR) is 118 cm³/mol. The monoisotopic (exact) mass is 496 g/mol. The van der Waals surface area contributed by atoms with Crippen LogP contribution in [0.3, 0.4) is 0 Å². The Labute approximate surface area is 199 Å². The van der Waals surface area contributed by atoms with E-state index in [4.69, 9.17) is 18.9 Å². The average molecular weight is 497 g/mol. The second-order valence-electron chi connectivity index (χ2n) is 6.74. The van der Waals surface area contributed by atoms with Gasteiger partial charge in [-0.3, -0.25) is 19.2 Å². The summed E-state index contributed by atoms with van der Waals surface area (Å²) in [6, 6.07) is 9.74. The molecular weight excluding hydrogens is 472 g/mol. The quantitative estimate of drug-likeness (QED) is 0.258. The van der Waals surface area contributed by atoms with Crippen LogP contribution in [-0.4, -0.2) is 52.9 Å². The fourth-order valence-electron chi connectivity index (χ4n) is 2.68. The molecule has 0 N–H and O–H groups in total. The lowest BCUT2D eigenvalue weighted by Crippen LogP contribution is -2.43. The highest BCUT2D eigenvalue weighted by Gasteiger charge is 2.41. The molecule has 0 aliphatic rings. The van der Waals surface area contributed by atoms with Crippen molar-refractivity contribution < 1.29 is 38.1 Å². The van der Waals surface area contributed by atoms with Gasteiger partial charge < -0.3 is 18.9 Å². The molecule has 1 aromatic carbocycles. The summed E-state index contributed by atoms with van der Waals surface area (Å²) in [5.41, 5.74) is 1.09. The Morgan fingerprint density at radius 3 is 2.09 bits per heavy atom. The summed E-state index contributed by atoms with van der Waals surface area (Å²) in [6.07, 6.45) is -3.81. The number of hydrogen-bond donors (Lipinski definition) is 0. The van der Waals surface area contributed by atoms with Gasteiger partial charge in [0.1, 0.15) is 6.61 Å². The van der Waals surface area contributed by atoms with E-state index >= 15 is 0 Å². The first-order valence-electron chi connectivity index (χ1n) is 9.80. The van der Waals surface area contributed by atoms with Crippen LogP contribution in [0.1, 0.15) is 44.4 Å². The summed E-state index contributed by atoms with van der Waals surface area (Å²) in [5.74, 6) is -2.10. The number of aromatic nitrogens is 2. The lowest BCUT2D eigenvalue weighted by Gasteiger charge is -2.30. The van der Waals surface area contributed by atoms with Crippen LogP contribution >= 0.6 is 23.1 Å². The highest BCUT2D eigenvalue weighted by molar-refractivity contribution is 8.00. The minimum absolute atomic E-state index is 0.229. The van der Waals surface area contributed by atoms with Gasteiger partial charge in [0.25, 0.3) is 0 Å². The van der Waals surface area contributed by atoms with Crippen molar-refractivity contribution in [2.75, 3.05) is 6.61 Å². The molecule has 2 aromatic rings. The molecule has 0 aliphatic carbocycles. The normalized spacial score (nSPS) is 13.3. The summed E-state index contributed by atoms with van der Waals surface area (Å²) >= 11 is 2.57. The largest absolute Gasteiger partial charge is 0.462 e. The van der Waals surface area contributed by atoms with Crippen LogP contribution in [0.15, 0.2) is 34.7 Å². The zero-order chi connectivity index (χ0) is 24.4. The van der Waals surface area contributed by atoms with E-state index < -0.39 is 48.8 Å². The number of ether oxygens (including phenoxy) is 4. The molecular formula is C21H24N2O8S2. The Kier molecular flexibility index (Phi) is 10.3. The predicted octanol–water partition coefficient (Wildman–Crippen LogP) is 2.86. The fraction of sp³-hybridized carbons (Fsp3) is 0.429. The number of benzene rings is 1. The number of thioether (sulfide) groups is 1. The third-order valence-corrected chi connectivity index (χ3v) is 6.09. The highest BCUT2D eigenvalue weighted by atomic mass is 32.2. The maximum Gasteiger partial charge on any atom is 0.303 e. The van der Waals surface area contributed by atoms with E-state index in [0.717, 1.165) is 30.7 Å². The van der Waals surface area contributed by atoms with Gasteiger partial charge in [-0.15, -0.1) is 10.2 Å². The molecule has 0 amide bonds. The molecule has 0 bridgehead atoms. The minimum Gasteiger partial charge on any atom is -0.462 e. The second-order valence-corrected chi connectivity index (χ2v) is 8.97. The van der Waals surface area contributed by atoms with Gasteiger partial charge in [0.15, 0.2) is 27.7 Å². The number of esters is 4. The molecule has 1 aromatic heterocycles. The Balaban J connectivity index is 2.32. The third-order valence-electron chi connectivity index (χ3n) is 3.90. The van der Waals surface area contributed by atoms with Gasteiger partial charge in [0.05, 0.1) is 0 Å². The molecule has 0 radical (unpaired) electrons. The number of carbonyl (C=O) groups is 4. The highest BCUT2D eigenvalue weighted by Crippen LogP contribution is 2.34. The van der Waals surface area contributed by atoms with Crippen molar-refractivity contribution in [3.63, 3.8) is 0 Å². The van der Waals surface area contributed by atoms with Crippen LogP contribution in [-0.2, 0) is 43.9 Å². The Morgan fingerprint density at radius 2 is 1.52 bits per heavy atom. The molecule has 0 spiro atoms. The molecule has 1 heterocycles. The van der Waals surface area contributed by atoms with Crippen molar-refractivity contribution in [2.45, 2.75) is 56.1 Å². The molecule has 178 valence electrons. The maximum atomic E-state index is 11.8. The van der Waals surface area contributed by atoms with Crippen molar-refractivity contribution in [1.29, 1.82) is 0 Å². The summed E-state index contributed by atoms with van der Waals surface area (Å²) in [7, 11) is 0. The first-order chi connectivity index (χ1) is 15.7. The second kappa shape index (κ2) is 12.9. The molecule has 12 heteroatoms. The SMILES string of the molecule is CC(=O)OC[C@H](OC(C)=O)[C@H](OC(C)=O)[C@@H](OC(C)=O)c1nnc(SCc2ccccc2)s1. The molecule has 3 atom stereocenters. The van der Waals surface area contributed by atoms with E-state index in [9.17, 15) is 19.2 Å². The van der Waals surface area contributed by atoms with Gasteiger partial charge in [-0.1, -0.05) is 53.4 Å². The summed E-state index contributed by atoms with van der Waals surface area (Å²) in [5, 5.41) is 8.45. The molecule has 0 saturated heterocycles. The first kappa shape index (κ1) is 26.3. The Morgan fingerprint density at radius 1 is 0.879 bits per heavy atom. The molecule has 33 heavy (non-hydrogen) atoms. The van der Waals surface area contributed by atoms with E-state index in [1.165, 1.54) is 25.6 Å². The summed E-state index contributed by atoms with van der Waals surface area (Å²) in [4.78, 5) is 46.6. The van der Waals surface area contributed by atoms with Crippen LogP contribution in [0.4, 0.5) is 0 Å². The Hall–Kier alpha value is -2.99. The molecule has 0 saturated carbocycles. The van der Waals surface area contributed by atoms with Crippen molar-refractivity contribution in [3.05, 3.63) is 40.9 Å². The van der Waals surface area contributed by atoms with Crippen LogP contribution in [0.25, 0.3) is 0 Å². The molecule has 0 unspecified atom stereocenters. The van der Waals surface area contributed by atoms with Crippen molar-refractivity contribution in [2.24, 2.45) is 0 Å². The van der Waals surface area contributed by atoms with Gasteiger partial charge in [0, 0.05) is 33.4 Å². The molecule has 2 rings (SSSR count). The lowest BCUT2D eigenvalue weighted by molar-refractivity contribution is -0.190. The van der Waals surface area contributed by atoms with E-state index in [1.54, 1.807) is 0 Å². The van der Waals surface area contributed by atoms with E-state index in [0.29, 0.717) is 10.1 Å². The van der Waals surface area contributed by atoms with E-state index in [-0.39, 0.29) is 5.01 Å². The van der Waals surface area contributed by atoms with Crippen LogP contribution < -0.4 is 0 Å². The number of hydrogen-bond acceptors (Lipinski definition) is 12. The third kappa shape index (κ3) is 9.18. The van der Waals surface area contributed by atoms with E-state index in [2.05, 4.69) is 10.2 Å². The fourth-order valence-corrected chi connectivity index (χ4v) is 4.57. The maximum absolute atomic E-state index is 11.8. The zero-order valence-corrected chi connectivity index (χ0v) is 20.1. The van der Waals surface area contributed by atoms with Gasteiger partial charge in [0.2, 0.25) is 0 Å². The number of rotatable bonds is 11. The molecule has 0 fully saturated rings. The lowest BCUT2D eigenvalue weighted by atomic mass is 10.1. The smallest absolute Gasteiger partial charge is 0.303 e. The van der Waals surface area contributed by atoms with Crippen molar-refractivity contribution in [1.82, 2.24) is 10.2 Å². The zero-order valence-electron chi connectivity index (χ0n) is 18.5. The number of carbonyl (C=O) groups excluding carboxylic acids is 4. The van der Waals surface area contributed by atoms with E-state index in [1.807, 2.05) is 30.3 Å². The van der Waals surface area contributed by atoms with Crippen molar-refractivity contribution >= 4 is 47.0 Å². The van der Waals surface area contributed by atoms with Crippen LogP contribution in [0, 0.1) is 0 Å². The minimum atomic E-state index is -1.32. The van der Waals surface area contributed by atoms with Crippen LogP contribution in [0.2, 0.25) is 0 Å². The standard InChI is InChI=1S/C21H24N2O8S2/c1-12(24)28-10-17(29-13(2)25)18(30-14(3)26)19(31-15(4)27)20-22-23-21(33-20)32-11-16-8-6-5-7-9-16/h5-9,17-19H,10-11H2,1-4H3/t17-,18-,19+/m0/s1. The first-order valence-corrected chi connectivity index (χ1v) is 11.6. The van der Waals surface area contributed by atoms with Crippen LogP contribution in [0.5, 0.6) is 0 Å². The van der Waals surface area contributed by atoms with Crippen molar-refractivity contribution in [3.8, 4) is 0 Å². The van der Waals surface area contributed by atoms with Gasteiger partial charge in [-0.2, -0.15) is 0 Å². The van der Waals surface area contributed by atoms with Gasteiger partial charge in [-0.25, -0.2) is 0 Å². The topological polar surface area (TPSA) is 131 Å². The summed E-state index contributed by atoms with van der Waals surface area (Å²) < 4.78 is 21.5. The summed E-state index contributed by atoms with van der Waals surface area (Å²) in [6.45, 7) is 4.23. The Bertz CT molecular complexity index is 966. The molecule has 0 aliphatic heterocycles. The average Bonchev–Trinajstić information content (AvgIpc) is 3.21. The number of nitrogens with zero attached hydrogens (tertiary/aromatic N) is 2.